The van der Waals surface area contributed by atoms with Crippen LogP contribution in [-0.4, -0.2) is 25.8 Å². The first-order chi connectivity index (χ1) is 14.9. The van der Waals surface area contributed by atoms with Gasteiger partial charge in [-0.3, -0.25) is 9.59 Å². The molecule has 4 aliphatic rings. The number of aromatic nitrogens is 3. The van der Waals surface area contributed by atoms with Crippen molar-refractivity contribution in [1.29, 1.82) is 0 Å². The highest BCUT2D eigenvalue weighted by molar-refractivity contribution is 6.04. The first kappa shape index (κ1) is 18.9. The zero-order chi connectivity index (χ0) is 21.3. The number of carbonyl (C=O) groups is 1. The molecule has 0 unspecified atom stereocenters. The molecular weight excluding hydrogens is 392 g/mol. The highest BCUT2D eigenvalue weighted by Crippen LogP contribution is 2.55. The van der Waals surface area contributed by atoms with E-state index in [9.17, 15) is 9.59 Å². The minimum atomic E-state index is -0.274. The summed E-state index contributed by atoms with van der Waals surface area (Å²) in [6, 6.07) is 1.92. The summed E-state index contributed by atoms with van der Waals surface area (Å²) < 4.78 is 9.00. The topological polar surface area (TPSA) is 82.1 Å². The van der Waals surface area contributed by atoms with Gasteiger partial charge in [0.2, 0.25) is 5.91 Å². The number of amides is 1. The summed E-state index contributed by atoms with van der Waals surface area (Å²) in [5.74, 6) is 2.93. The van der Waals surface area contributed by atoms with E-state index in [2.05, 4.69) is 17.0 Å². The Kier molecular flexibility index (Phi) is 4.01. The second kappa shape index (κ2) is 6.58. The lowest BCUT2D eigenvalue weighted by Crippen LogP contribution is -2.60. The number of hydrogen-bond acceptors (Lipinski definition) is 4. The van der Waals surface area contributed by atoms with E-state index in [0.717, 1.165) is 48.3 Å². The number of hydrogen-bond donors (Lipinski definition) is 1. The second-order valence-corrected chi connectivity index (χ2v) is 10.1. The Morgan fingerprint density at radius 1 is 1.29 bits per heavy atom. The van der Waals surface area contributed by atoms with Gasteiger partial charge in [-0.25, -0.2) is 4.68 Å². The molecule has 0 aliphatic heterocycles. The van der Waals surface area contributed by atoms with E-state index in [1.807, 2.05) is 17.6 Å². The summed E-state index contributed by atoms with van der Waals surface area (Å²) >= 11 is 0. The van der Waals surface area contributed by atoms with Gasteiger partial charge in [-0.05, 0) is 63.2 Å². The maximum Gasteiger partial charge on any atom is 0.291 e. The average Bonchev–Trinajstić information content (AvgIpc) is 3.19. The molecule has 7 heteroatoms. The van der Waals surface area contributed by atoms with Crippen LogP contribution >= 0.6 is 0 Å². The molecule has 7 rings (SSSR count). The molecule has 0 saturated heterocycles. The van der Waals surface area contributed by atoms with Crippen molar-refractivity contribution in [3.05, 3.63) is 41.0 Å². The lowest BCUT2D eigenvalue weighted by molar-refractivity contribution is -0.127. The SMILES string of the molecule is C=CCn1c2cc(C)oc2c2cnn(CC(=O)NC34CC5CC(CC(C5)C3)C4)c(=O)c21. The number of fused-ring (bicyclic) bond motifs is 3. The molecule has 0 atom stereocenters. The van der Waals surface area contributed by atoms with Crippen LogP contribution in [0.25, 0.3) is 22.0 Å². The zero-order valence-electron chi connectivity index (χ0n) is 17.9. The molecule has 3 heterocycles. The second-order valence-electron chi connectivity index (χ2n) is 10.1. The molecule has 1 N–H and O–H groups in total. The third kappa shape index (κ3) is 2.89. The van der Waals surface area contributed by atoms with Crippen LogP contribution in [0.5, 0.6) is 0 Å². The number of rotatable bonds is 5. The Morgan fingerprint density at radius 3 is 2.61 bits per heavy atom. The molecule has 31 heavy (non-hydrogen) atoms. The zero-order valence-corrected chi connectivity index (χ0v) is 17.9. The molecule has 0 radical (unpaired) electrons. The van der Waals surface area contributed by atoms with Crippen molar-refractivity contribution >= 4 is 27.9 Å². The third-order valence-corrected chi connectivity index (χ3v) is 7.71. The van der Waals surface area contributed by atoms with Gasteiger partial charge in [0, 0.05) is 18.2 Å². The molecule has 1 amide bonds. The van der Waals surface area contributed by atoms with Crippen molar-refractivity contribution in [2.75, 3.05) is 0 Å². The molecule has 0 spiro atoms. The summed E-state index contributed by atoms with van der Waals surface area (Å²) in [6.07, 6.45) is 10.6. The lowest BCUT2D eigenvalue weighted by atomic mass is 9.53. The Hall–Kier alpha value is -2.83. The van der Waals surface area contributed by atoms with Crippen molar-refractivity contribution in [2.24, 2.45) is 17.8 Å². The van der Waals surface area contributed by atoms with Crippen LogP contribution in [0.1, 0.15) is 44.3 Å². The smallest absolute Gasteiger partial charge is 0.291 e. The number of carbonyl (C=O) groups excluding carboxylic acids is 1. The molecule has 0 aromatic carbocycles. The van der Waals surface area contributed by atoms with Crippen LogP contribution in [0.15, 0.2) is 34.1 Å². The van der Waals surface area contributed by atoms with Gasteiger partial charge in [-0.15, -0.1) is 6.58 Å². The molecule has 7 nitrogen and oxygen atoms in total. The summed E-state index contributed by atoms with van der Waals surface area (Å²) in [5.41, 5.74) is 1.67. The van der Waals surface area contributed by atoms with Crippen molar-refractivity contribution in [3.63, 3.8) is 0 Å². The Labute approximate surface area is 180 Å². The first-order valence-electron chi connectivity index (χ1n) is 11.3. The Morgan fingerprint density at radius 2 is 1.97 bits per heavy atom. The van der Waals surface area contributed by atoms with E-state index in [-0.39, 0.29) is 23.6 Å². The van der Waals surface area contributed by atoms with E-state index in [4.69, 9.17) is 4.42 Å². The molecule has 4 fully saturated rings. The predicted molar refractivity (Wildman–Crippen MR) is 118 cm³/mol. The maximum absolute atomic E-state index is 13.3. The van der Waals surface area contributed by atoms with Gasteiger partial charge in [0.25, 0.3) is 5.56 Å². The fourth-order valence-electron chi connectivity index (χ4n) is 7.09. The van der Waals surface area contributed by atoms with Crippen molar-refractivity contribution in [1.82, 2.24) is 19.7 Å². The highest BCUT2D eigenvalue weighted by Gasteiger charge is 2.51. The van der Waals surface area contributed by atoms with Crippen LogP contribution in [0, 0.1) is 24.7 Å². The van der Waals surface area contributed by atoms with Gasteiger partial charge in [-0.2, -0.15) is 5.10 Å². The molecule has 162 valence electrons. The number of nitrogens with one attached hydrogen (secondary N) is 1. The molecule has 4 aliphatic carbocycles. The van der Waals surface area contributed by atoms with E-state index in [0.29, 0.717) is 23.0 Å². The average molecular weight is 421 g/mol. The Bertz CT molecular complexity index is 1240. The summed E-state index contributed by atoms with van der Waals surface area (Å²) in [4.78, 5) is 26.3. The van der Waals surface area contributed by atoms with Crippen LogP contribution < -0.4 is 10.9 Å². The fourth-order valence-corrected chi connectivity index (χ4v) is 7.09. The van der Waals surface area contributed by atoms with Crippen LogP contribution in [0.4, 0.5) is 0 Å². The van der Waals surface area contributed by atoms with Crippen molar-refractivity contribution in [3.8, 4) is 0 Å². The summed E-state index contributed by atoms with van der Waals surface area (Å²) in [6.45, 7) is 6.13. The quantitative estimate of drug-likeness (QED) is 0.640. The number of furan rings is 1. The molecule has 4 saturated carbocycles. The summed E-state index contributed by atoms with van der Waals surface area (Å²) in [7, 11) is 0. The minimum Gasteiger partial charge on any atom is -0.459 e. The van der Waals surface area contributed by atoms with Crippen LogP contribution in [0.2, 0.25) is 0 Å². The fraction of sp³-hybridized carbons (Fsp3) is 0.542. The maximum atomic E-state index is 13.3. The van der Waals surface area contributed by atoms with Crippen LogP contribution in [0.3, 0.4) is 0 Å². The van der Waals surface area contributed by atoms with Gasteiger partial charge in [0.15, 0.2) is 5.58 Å². The van der Waals surface area contributed by atoms with Crippen LogP contribution in [-0.2, 0) is 17.9 Å². The van der Waals surface area contributed by atoms with Crippen molar-refractivity contribution < 1.29 is 9.21 Å². The largest absolute Gasteiger partial charge is 0.459 e. The normalized spacial score (nSPS) is 29.1. The first-order valence-corrected chi connectivity index (χ1v) is 11.3. The van der Waals surface area contributed by atoms with E-state index < -0.39 is 0 Å². The molecule has 3 aromatic rings. The number of nitrogens with zero attached hydrogens (tertiary/aromatic N) is 3. The number of allylic oxidation sites excluding steroid dienone is 1. The molecule has 4 bridgehead atoms. The predicted octanol–water partition coefficient (Wildman–Crippen LogP) is 3.52. The third-order valence-electron chi connectivity index (χ3n) is 7.71. The van der Waals surface area contributed by atoms with E-state index >= 15 is 0 Å². The Balaban J connectivity index is 1.32. The monoisotopic (exact) mass is 420 g/mol. The molecule has 3 aromatic heterocycles. The van der Waals surface area contributed by atoms with Crippen molar-refractivity contribution in [2.45, 2.75) is 64.1 Å². The van der Waals surface area contributed by atoms with E-state index in [1.165, 1.54) is 23.9 Å². The standard InChI is InChI=1S/C24H28N4O3/c1-3-4-27-19-5-14(2)31-22(19)18-12-25-28(23(30)21(18)27)13-20(29)26-24-9-15-6-16(10-24)8-17(7-15)11-24/h3,5,12,15-17H,1,4,6-11,13H2,2H3,(H,26,29). The van der Waals surface area contributed by atoms with Gasteiger partial charge in [-0.1, -0.05) is 6.08 Å². The number of aryl methyl sites for hydroxylation is 1. The minimum absolute atomic E-state index is 0.0593. The van der Waals surface area contributed by atoms with Gasteiger partial charge in [0.05, 0.1) is 17.1 Å². The van der Waals surface area contributed by atoms with Gasteiger partial charge >= 0.3 is 0 Å². The van der Waals surface area contributed by atoms with Gasteiger partial charge < -0.3 is 14.3 Å². The van der Waals surface area contributed by atoms with E-state index in [1.54, 1.807) is 12.3 Å². The summed E-state index contributed by atoms with van der Waals surface area (Å²) in [5, 5.41) is 8.33. The molecular formula is C24H28N4O3. The lowest BCUT2D eigenvalue weighted by Gasteiger charge is -2.56. The highest BCUT2D eigenvalue weighted by atomic mass is 16.3. The van der Waals surface area contributed by atoms with Gasteiger partial charge in [0.1, 0.15) is 17.8 Å².